The molecule has 0 unspecified atom stereocenters. The van der Waals surface area contributed by atoms with E-state index >= 15 is 0 Å². The van der Waals surface area contributed by atoms with Gasteiger partial charge < -0.3 is 10.0 Å². The number of nitrogens with zero attached hydrogens (tertiary/aromatic N) is 1. The quantitative estimate of drug-likeness (QED) is 0.859. The Bertz CT molecular complexity index is 406. The van der Waals surface area contributed by atoms with Crippen LogP contribution in [0.2, 0.25) is 0 Å². The van der Waals surface area contributed by atoms with Gasteiger partial charge in [0.2, 0.25) is 5.91 Å². The predicted octanol–water partition coefficient (Wildman–Crippen LogP) is 2.25. The van der Waals surface area contributed by atoms with E-state index in [-0.39, 0.29) is 12.5 Å². The summed E-state index contributed by atoms with van der Waals surface area (Å²) in [5.74, 6) is -0.899. The molecule has 1 rings (SSSR count). The molecule has 1 N–H and O–H groups in total. The highest BCUT2D eigenvalue weighted by molar-refractivity contribution is 8.00. The second-order valence-electron chi connectivity index (χ2n) is 4.07. The van der Waals surface area contributed by atoms with Crippen LogP contribution in [-0.4, -0.2) is 34.5 Å². The molecular weight excluding hydrogens is 250 g/mol. The highest BCUT2D eigenvalue weighted by atomic mass is 32.2. The number of benzene rings is 1. The summed E-state index contributed by atoms with van der Waals surface area (Å²) in [5, 5.41) is 9.21. The summed E-state index contributed by atoms with van der Waals surface area (Å²) >= 11 is 1.51. The van der Waals surface area contributed by atoms with Gasteiger partial charge in [-0.1, -0.05) is 32.0 Å². The van der Waals surface area contributed by atoms with E-state index in [4.69, 9.17) is 5.11 Å². The van der Waals surface area contributed by atoms with Crippen molar-refractivity contribution in [2.75, 3.05) is 17.2 Å². The molecule has 0 atom stereocenters. The normalized spacial score (nSPS) is 10.4. The number of hydrogen-bond acceptors (Lipinski definition) is 3. The van der Waals surface area contributed by atoms with Crippen LogP contribution in [0.25, 0.3) is 0 Å². The molecule has 0 saturated heterocycles. The molecule has 1 aromatic carbocycles. The fourth-order valence-electron chi connectivity index (χ4n) is 1.38. The lowest BCUT2D eigenvalue weighted by molar-refractivity contribution is -0.136. The zero-order valence-electron chi connectivity index (χ0n) is 10.5. The number of carboxylic acid groups (broad SMARTS) is 1. The fourth-order valence-corrected chi connectivity index (χ4v) is 2.01. The van der Waals surface area contributed by atoms with E-state index < -0.39 is 5.97 Å². The lowest BCUT2D eigenvalue weighted by Crippen LogP contribution is -2.37. The van der Waals surface area contributed by atoms with E-state index in [0.717, 1.165) is 0 Å². The van der Waals surface area contributed by atoms with Gasteiger partial charge in [-0.05, 0) is 17.4 Å². The molecule has 0 fully saturated rings. The molecule has 98 valence electrons. The monoisotopic (exact) mass is 267 g/mol. The summed E-state index contributed by atoms with van der Waals surface area (Å²) in [5.41, 5.74) is 0.620. The van der Waals surface area contributed by atoms with Crippen LogP contribution in [0.5, 0.6) is 0 Å². The number of rotatable bonds is 6. The average Bonchev–Trinajstić information content (AvgIpc) is 2.34. The van der Waals surface area contributed by atoms with Crippen molar-refractivity contribution in [1.82, 2.24) is 0 Å². The van der Waals surface area contributed by atoms with Crippen molar-refractivity contribution < 1.29 is 14.7 Å². The summed E-state index contributed by atoms with van der Waals surface area (Å²) in [6.45, 7) is 3.70. The molecule has 0 aromatic heterocycles. The molecule has 0 aliphatic heterocycles. The predicted molar refractivity (Wildman–Crippen MR) is 74.0 cm³/mol. The number of hydrogen-bond donors (Lipinski definition) is 1. The molecule has 0 radical (unpaired) electrons. The molecule has 0 saturated carbocycles. The van der Waals surface area contributed by atoms with Crippen LogP contribution in [0.4, 0.5) is 5.69 Å². The van der Waals surface area contributed by atoms with E-state index in [1.165, 1.54) is 16.7 Å². The van der Waals surface area contributed by atoms with Gasteiger partial charge in [-0.15, -0.1) is 11.8 Å². The number of carboxylic acids is 1. The molecule has 1 aromatic rings. The smallest absolute Gasteiger partial charge is 0.323 e. The van der Waals surface area contributed by atoms with Gasteiger partial charge in [0.25, 0.3) is 0 Å². The van der Waals surface area contributed by atoms with Crippen molar-refractivity contribution in [3.8, 4) is 0 Å². The van der Waals surface area contributed by atoms with E-state index in [2.05, 4.69) is 0 Å². The second-order valence-corrected chi connectivity index (χ2v) is 5.63. The second kappa shape index (κ2) is 7.06. The van der Waals surface area contributed by atoms with Crippen molar-refractivity contribution in [3.05, 3.63) is 30.3 Å². The Hall–Kier alpha value is -1.49. The summed E-state index contributed by atoms with van der Waals surface area (Å²) in [7, 11) is 0. The number of thioether (sulfide) groups is 1. The van der Waals surface area contributed by atoms with Gasteiger partial charge >= 0.3 is 5.97 Å². The highest BCUT2D eigenvalue weighted by Crippen LogP contribution is 2.16. The number of carbonyl (C=O) groups excluding carboxylic acids is 1. The average molecular weight is 267 g/mol. The lowest BCUT2D eigenvalue weighted by Gasteiger charge is -2.21. The first-order valence-corrected chi connectivity index (χ1v) is 6.74. The van der Waals surface area contributed by atoms with E-state index in [0.29, 0.717) is 16.7 Å². The molecule has 5 heteroatoms. The van der Waals surface area contributed by atoms with E-state index in [1.807, 2.05) is 19.9 Å². The van der Waals surface area contributed by atoms with Gasteiger partial charge in [-0.25, -0.2) is 0 Å². The van der Waals surface area contributed by atoms with Gasteiger partial charge in [0.15, 0.2) is 0 Å². The van der Waals surface area contributed by atoms with Crippen LogP contribution in [0.15, 0.2) is 30.3 Å². The van der Waals surface area contributed by atoms with Crippen molar-refractivity contribution in [1.29, 1.82) is 0 Å². The minimum atomic E-state index is -1.01. The Balaban J connectivity index is 2.78. The summed E-state index contributed by atoms with van der Waals surface area (Å²) in [6.07, 6.45) is 0. The first-order valence-electron chi connectivity index (χ1n) is 5.69. The van der Waals surface area contributed by atoms with Gasteiger partial charge in [0, 0.05) is 5.69 Å². The number of amides is 1. The Kier molecular flexibility index (Phi) is 5.71. The third-order valence-electron chi connectivity index (χ3n) is 2.20. The molecule has 0 aliphatic rings. The van der Waals surface area contributed by atoms with Crippen LogP contribution in [0.3, 0.4) is 0 Å². The topological polar surface area (TPSA) is 57.6 Å². The van der Waals surface area contributed by atoms with Crippen LogP contribution in [-0.2, 0) is 9.59 Å². The first kappa shape index (κ1) is 14.6. The fraction of sp³-hybridized carbons (Fsp3) is 0.385. The Morgan fingerprint density at radius 3 is 2.39 bits per heavy atom. The summed E-state index contributed by atoms with van der Waals surface area (Å²) in [4.78, 5) is 24.2. The third kappa shape index (κ3) is 4.79. The van der Waals surface area contributed by atoms with E-state index in [9.17, 15) is 9.59 Å². The van der Waals surface area contributed by atoms with Crippen LogP contribution >= 0.6 is 11.8 Å². The first-order chi connectivity index (χ1) is 8.50. The largest absolute Gasteiger partial charge is 0.480 e. The Labute approximate surface area is 111 Å². The zero-order valence-corrected chi connectivity index (χ0v) is 11.3. The maximum Gasteiger partial charge on any atom is 0.323 e. The molecule has 0 aliphatic carbocycles. The highest BCUT2D eigenvalue weighted by Gasteiger charge is 2.18. The van der Waals surface area contributed by atoms with Crippen LogP contribution < -0.4 is 4.90 Å². The van der Waals surface area contributed by atoms with Crippen molar-refractivity contribution in [2.24, 2.45) is 0 Å². The SMILES string of the molecule is CC(C)SCC(=O)N(CC(=O)O)c1ccccc1. The lowest BCUT2D eigenvalue weighted by atomic mass is 10.3. The molecule has 0 spiro atoms. The number of anilines is 1. The Morgan fingerprint density at radius 2 is 1.89 bits per heavy atom. The molecule has 0 bridgehead atoms. The Morgan fingerprint density at radius 1 is 1.28 bits per heavy atom. The molecule has 4 nitrogen and oxygen atoms in total. The van der Waals surface area contributed by atoms with E-state index in [1.54, 1.807) is 24.3 Å². The minimum Gasteiger partial charge on any atom is -0.480 e. The van der Waals surface area contributed by atoms with Gasteiger partial charge in [-0.3, -0.25) is 9.59 Å². The molecule has 18 heavy (non-hydrogen) atoms. The third-order valence-corrected chi connectivity index (χ3v) is 3.28. The summed E-state index contributed by atoms with van der Waals surface area (Å²) in [6, 6.07) is 8.87. The van der Waals surface area contributed by atoms with Crippen LogP contribution in [0.1, 0.15) is 13.8 Å². The van der Waals surface area contributed by atoms with Crippen LogP contribution in [0, 0.1) is 0 Å². The maximum atomic E-state index is 12.0. The van der Waals surface area contributed by atoms with Gasteiger partial charge in [0.05, 0.1) is 5.75 Å². The van der Waals surface area contributed by atoms with Crippen molar-refractivity contribution in [2.45, 2.75) is 19.1 Å². The number of aliphatic carboxylic acids is 1. The zero-order chi connectivity index (χ0) is 13.5. The number of carbonyl (C=O) groups is 2. The van der Waals surface area contributed by atoms with Crippen molar-refractivity contribution >= 4 is 29.3 Å². The minimum absolute atomic E-state index is 0.178. The summed E-state index contributed by atoms with van der Waals surface area (Å²) < 4.78 is 0. The maximum absolute atomic E-state index is 12.0. The number of para-hydroxylation sites is 1. The molecular formula is C13H17NO3S. The standard InChI is InChI=1S/C13H17NO3S/c1-10(2)18-9-12(15)14(8-13(16)17)11-6-4-3-5-7-11/h3-7,10H,8-9H2,1-2H3,(H,16,17). The van der Waals surface area contributed by atoms with Crippen molar-refractivity contribution in [3.63, 3.8) is 0 Å². The molecule has 1 amide bonds. The van der Waals surface area contributed by atoms with Gasteiger partial charge in [-0.2, -0.15) is 0 Å². The molecule has 0 heterocycles. The van der Waals surface area contributed by atoms with Gasteiger partial charge in [0.1, 0.15) is 6.54 Å².